The monoisotopic (exact) mass is 155 g/mol. The van der Waals surface area contributed by atoms with E-state index >= 15 is 0 Å². The Morgan fingerprint density at radius 2 is 2.36 bits per heavy atom. The Labute approximate surface area is 68.5 Å². The molecule has 0 aliphatic carbocycles. The maximum Gasteiger partial charge on any atom is 0.0650 e. The topological polar surface area (TPSA) is 12.5 Å². The lowest BCUT2D eigenvalue weighted by Gasteiger charge is -2.41. The Kier molecular flexibility index (Phi) is 1.90. The molecule has 2 aliphatic heterocycles. The minimum atomic E-state index is 0.443. The molecule has 1 atom stereocenters. The Balaban J connectivity index is 2.12. The summed E-state index contributed by atoms with van der Waals surface area (Å²) >= 11 is 0. The number of hydrogen-bond donors (Lipinski definition) is 0. The van der Waals surface area contributed by atoms with Gasteiger partial charge in [-0.15, -0.1) is 0 Å². The fourth-order valence-corrected chi connectivity index (χ4v) is 2.45. The van der Waals surface area contributed by atoms with Crippen LogP contribution in [0.5, 0.6) is 0 Å². The number of ether oxygens (including phenoxy) is 1. The summed E-state index contributed by atoms with van der Waals surface area (Å²) in [5.74, 6) is 0. The molecule has 2 nitrogen and oxygen atoms in total. The van der Waals surface area contributed by atoms with E-state index in [0.717, 1.165) is 19.8 Å². The van der Waals surface area contributed by atoms with E-state index in [1.165, 1.54) is 25.8 Å². The van der Waals surface area contributed by atoms with Crippen LogP contribution in [0.4, 0.5) is 0 Å². The quantitative estimate of drug-likeness (QED) is 0.565. The van der Waals surface area contributed by atoms with Crippen molar-refractivity contribution in [3.63, 3.8) is 0 Å². The third-order valence-corrected chi connectivity index (χ3v) is 3.28. The summed E-state index contributed by atoms with van der Waals surface area (Å²) < 4.78 is 5.54. The summed E-state index contributed by atoms with van der Waals surface area (Å²) in [7, 11) is 0. The molecule has 0 aromatic rings. The van der Waals surface area contributed by atoms with Crippen molar-refractivity contribution in [1.82, 2.24) is 4.90 Å². The molecule has 0 N–H and O–H groups in total. The molecule has 0 bridgehead atoms. The van der Waals surface area contributed by atoms with Gasteiger partial charge in [0.25, 0.3) is 0 Å². The van der Waals surface area contributed by atoms with Crippen molar-refractivity contribution in [2.24, 2.45) is 0 Å². The number of rotatable bonds is 1. The highest BCUT2D eigenvalue weighted by atomic mass is 16.5. The van der Waals surface area contributed by atoms with E-state index in [0.29, 0.717) is 5.54 Å². The molecule has 0 aromatic heterocycles. The Hall–Kier alpha value is -0.0800. The molecule has 1 unspecified atom stereocenters. The second-order valence-electron chi connectivity index (χ2n) is 3.72. The number of fused-ring (bicyclic) bond motifs is 1. The third-order valence-electron chi connectivity index (χ3n) is 3.28. The molecular formula is C9H17NO. The first-order valence-electron chi connectivity index (χ1n) is 4.70. The molecule has 64 valence electrons. The maximum atomic E-state index is 5.54. The molecule has 2 rings (SSSR count). The van der Waals surface area contributed by atoms with Crippen molar-refractivity contribution in [2.75, 3.05) is 26.3 Å². The van der Waals surface area contributed by atoms with E-state index in [9.17, 15) is 0 Å². The van der Waals surface area contributed by atoms with Gasteiger partial charge in [-0.1, -0.05) is 6.92 Å². The molecule has 0 spiro atoms. The van der Waals surface area contributed by atoms with Crippen molar-refractivity contribution in [3.8, 4) is 0 Å². The molecule has 2 heterocycles. The molecule has 0 saturated carbocycles. The first-order chi connectivity index (χ1) is 5.37. The predicted octanol–water partition coefficient (Wildman–Crippen LogP) is 1.26. The van der Waals surface area contributed by atoms with Crippen molar-refractivity contribution in [3.05, 3.63) is 0 Å². The van der Waals surface area contributed by atoms with Gasteiger partial charge in [-0.3, -0.25) is 4.90 Å². The molecule has 11 heavy (non-hydrogen) atoms. The lowest BCUT2D eigenvalue weighted by molar-refractivity contribution is -0.0482. The van der Waals surface area contributed by atoms with Gasteiger partial charge in [0.05, 0.1) is 13.2 Å². The van der Waals surface area contributed by atoms with E-state index in [4.69, 9.17) is 4.74 Å². The van der Waals surface area contributed by atoms with Crippen LogP contribution in [0.2, 0.25) is 0 Å². The average molecular weight is 155 g/mol. The van der Waals surface area contributed by atoms with Crippen LogP contribution in [0.15, 0.2) is 0 Å². The van der Waals surface area contributed by atoms with Gasteiger partial charge in [-0.25, -0.2) is 0 Å². The minimum Gasteiger partial charge on any atom is -0.378 e. The van der Waals surface area contributed by atoms with Crippen LogP contribution in [0.1, 0.15) is 26.2 Å². The van der Waals surface area contributed by atoms with Crippen LogP contribution in [-0.4, -0.2) is 36.7 Å². The summed E-state index contributed by atoms with van der Waals surface area (Å²) in [5.41, 5.74) is 0.443. The van der Waals surface area contributed by atoms with Crippen molar-refractivity contribution < 1.29 is 4.74 Å². The SMILES string of the molecule is CCC12CCCN1CCOC2. The fraction of sp³-hybridized carbons (Fsp3) is 1.00. The van der Waals surface area contributed by atoms with Gasteiger partial charge in [0.15, 0.2) is 0 Å². The van der Waals surface area contributed by atoms with E-state index in [1.807, 2.05) is 0 Å². The van der Waals surface area contributed by atoms with Crippen LogP contribution >= 0.6 is 0 Å². The fourth-order valence-electron chi connectivity index (χ4n) is 2.45. The zero-order valence-electron chi connectivity index (χ0n) is 7.31. The van der Waals surface area contributed by atoms with Gasteiger partial charge in [0, 0.05) is 12.1 Å². The van der Waals surface area contributed by atoms with Crippen LogP contribution in [0.3, 0.4) is 0 Å². The second-order valence-corrected chi connectivity index (χ2v) is 3.72. The standard InChI is InChI=1S/C9H17NO/c1-2-9-4-3-5-10(9)6-7-11-8-9/h2-8H2,1H3. The lowest BCUT2D eigenvalue weighted by atomic mass is 9.93. The van der Waals surface area contributed by atoms with Crippen molar-refractivity contribution in [1.29, 1.82) is 0 Å². The van der Waals surface area contributed by atoms with E-state index in [1.54, 1.807) is 0 Å². The summed E-state index contributed by atoms with van der Waals surface area (Å²) in [6.07, 6.45) is 3.98. The maximum absolute atomic E-state index is 5.54. The highest BCUT2D eigenvalue weighted by molar-refractivity contribution is 4.96. The Bertz CT molecular complexity index is 148. The molecule has 2 aliphatic rings. The molecule has 2 heteroatoms. The van der Waals surface area contributed by atoms with Crippen LogP contribution in [-0.2, 0) is 4.74 Å². The molecular weight excluding hydrogens is 138 g/mol. The van der Waals surface area contributed by atoms with Crippen LogP contribution < -0.4 is 0 Å². The normalized spacial score (nSPS) is 39.0. The smallest absolute Gasteiger partial charge is 0.0650 e. The first kappa shape index (κ1) is 7.56. The first-order valence-corrected chi connectivity index (χ1v) is 4.70. The predicted molar refractivity (Wildman–Crippen MR) is 44.6 cm³/mol. The minimum absolute atomic E-state index is 0.443. The van der Waals surface area contributed by atoms with Gasteiger partial charge >= 0.3 is 0 Å². The average Bonchev–Trinajstić information content (AvgIpc) is 2.48. The van der Waals surface area contributed by atoms with E-state index < -0.39 is 0 Å². The Morgan fingerprint density at radius 1 is 1.45 bits per heavy atom. The summed E-state index contributed by atoms with van der Waals surface area (Å²) in [4.78, 5) is 2.62. The van der Waals surface area contributed by atoms with Gasteiger partial charge < -0.3 is 4.74 Å². The van der Waals surface area contributed by atoms with E-state index in [-0.39, 0.29) is 0 Å². The highest BCUT2D eigenvalue weighted by Crippen LogP contribution is 2.34. The number of morpholine rings is 1. The van der Waals surface area contributed by atoms with Crippen molar-refractivity contribution in [2.45, 2.75) is 31.7 Å². The summed E-state index contributed by atoms with van der Waals surface area (Å²) in [6, 6.07) is 0. The number of nitrogens with zero attached hydrogens (tertiary/aromatic N) is 1. The third kappa shape index (κ3) is 1.09. The Morgan fingerprint density at radius 3 is 3.09 bits per heavy atom. The summed E-state index contributed by atoms with van der Waals surface area (Å²) in [5, 5.41) is 0. The van der Waals surface area contributed by atoms with Crippen LogP contribution in [0, 0.1) is 0 Å². The zero-order chi connectivity index (χ0) is 7.73. The lowest BCUT2D eigenvalue weighted by Crippen LogP contribution is -2.52. The van der Waals surface area contributed by atoms with Gasteiger partial charge in [-0.05, 0) is 25.8 Å². The zero-order valence-corrected chi connectivity index (χ0v) is 7.31. The molecule has 2 saturated heterocycles. The molecule has 0 aromatic carbocycles. The van der Waals surface area contributed by atoms with Gasteiger partial charge in [0.2, 0.25) is 0 Å². The molecule has 2 fully saturated rings. The molecule has 0 amide bonds. The van der Waals surface area contributed by atoms with Crippen LogP contribution in [0.25, 0.3) is 0 Å². The highest BCUT2D eigenvalue weighted by Gasteiger charge is 2.41. The van der Waals surface area contributed by atoms with Gasteiger partial charge in [0.1, 0.15) is 0 Å². The molecule has 0 radical (unpaired) electrons. The summed E-state index contributed by atoms with van der Waals surface area (Å²) in [6.45, 7) is 6.67. The largest absolute Gasteiger partial charge is 0.378 e. The second kappa shape index (κ2) is 2.76. The number of hydrogen-bond acceptors (Lipinski definition) is 2. The van der Waals surface area contributed by atoms with Crippen molar-refractivity contribution >= 4 is 0 Å². The van der Waals surface area contributed by atoms with Gasteiger partial charge in [-0.2, -0.15) is 0 Å². The van der Waals surface area contributed by atoms with E-state index in [2.05, 4.69) is 11.8 Å².